The smallest absolute Gasteiger partial charge is 0.343 e. The molecule has 0 saturated carbocycles. The summed E-state index contributed by atoms with van der Waals surface area (Å²) in [6.45, 7) is 0. The molecule has 0 aliphatic rings. The van der Waals surface area contributed by atoms with Gasteiger partial charge in [-0.2, -0.15) is 0 Å². The highest BCUT2D eigenvalue weighted by molar-refractivity contribution is 5.69. The minimum absolute atomic E-state index is 0.0324. The third kappa shape index (κ3) is 2.06. The van der Waals surface area contributed by atoms with Crippen LogP contribution in [-0.4, -0.2) is 32.0 Å². The first-order valence-electron chi connectivity index (χ1n) is 4.92. The van der Waals surface area contributed by atoms with E-state index in [1.54, 1.807) is 0 Å². The Balaban J connectivity index is 2.77. The number of hydrogen-bond donors (Lipinski definition) is 0. The first-order valence-corrected chi connectivity index (χ1v) is 4.92. The SMILES string of the molecule is COc1c([N+](=O)[O-])ccc(-n2ccnn2)c1[N+](=O)[O-]. The highest BCUT2D eigenvalue weighted by Gasteiger charge is 2.31. The Bertz CT molecular complexity index is 639. The average Bonchev–Trinajstić information content (AvgIpc) is 2.90. The molecular weight excluding hydrogens is 258 g/mol. The molecule has 1 aromatic carbocycles. The zero-order valence-electron chi connectivity index (χ0n) is 9.59. The molecule has 2 rings (SSSR count). The van der Waals surface area contributed by atoms with Gasteiger partial charge in [0.1, 0.15) is 5.69 Å². The van der Waals surface area contributed by atoms with Gasteiger partial charge in [-0.3, -0.25) is 20.2 Å². The number of ether oxygens (including phenoxy) is 1. The Hall–Kier alpha value is -3.04. The van der Waals surface area contributed by atoms with Gasteiger partial charge in [-0.05, 0) is 6.07 Å². The van der Waals surface area contributed by atoms with E-state index >= 15 is 0 Å². The minimum atomic E-state index is -0.761. The molecule has 0 fully saturated rings. The number of rotatable bonds is 4. The predicted octanol–water partition coefficient (Wildman–Crippen LogP) is 1.09. The van der Waals surface area contributed by atoms with Gasteiger partial charge in [-0.15, -0.1) is 5.10 Å². The lowest BCUT2D eigenvalue weighted by Crippen LogP contribution is -2.05. The summed E-state index contributed by atoms with van der Waals surface area (Å²) in [5.41, 5.74) is -0.995. The summed E-state index contributed by atoms with van der Waals surface area (Å²) >= 11 is 0. The molecule has 0 saturated heterocycles. The lowest BCUT2D eigenvalue weighted by atomic mass is 10.2. The number of aromatic nitrogens is 3. The van der Waals surface area contributed by atoms with Crippen molar-refractivity contribution in [3.05, 3.63) is 44.8 Å². The number of nitrogens with zero attached hydrogens (tertiary/aromatic N) is 5. The second-order valence-electron chi connectivity index (χ2n) is 3.35. The molecule has 0 aliphatic heterocycles. The number of methoxy groups -OCH3 is 1. The highest BCUT2D eigenvalue weighted by Crippen LogP contribution is 2.40. The Morgan fingerprint density at radius 1 is 1.26 bits per heavy atom. The maximum atomic E-state index is 11.1. The summed E-state index contributed by atoms with van der Waals surface area (Å²) in [6, 6.07) is 2.33. The van der Waals surface area contributed by atoms with E-state index in [0.29, 0.717) is 0 Å². The van der Waals surface area contributed by atoms with Gasteiger partial charge in [0, 0.05) is 6.07 Å². The third-order valence-electron chi connectivity index (χ3n) is 2.34. The molecule has 0 aliphatic carbocycles. The normalized spacial score (nSPS) is 10.2. The number of hydrogen-bond acceptors (Lipinski definition) is 7. The Morgan fingerprint density at radius 3 is 2.47 bits per heavy atom. The van der Waals surface area contributed by atoms with E-state index in [2.05, 4.69) is 10.3 Å². The topological polar surface area (TPSA) is 126 Å². The molecule has 0 atom stereocenters. The van der Waals surface area contributed by atoms with Crippen LogP contribution in [0.3, 0.4) is 0 Å². The molecule has 0 bridgehead atoms. The van der Waals surface area contributed by atoms with Gasteiger partial charge >= 0.3 is 11.4 Å². The molecule has 0 spiro atoms. The van der Waals surface area contributed by atoms with Crippen LogP contribution in [0.2, 0.25) is 0 Å². The molecule has 0 amide bonds. The standard InChI is InChI=1S/C9H7N5O5/c1-19-9-7(13(15)16)3-2-6(8(9)14(17)18)12-5-4-10-11-12/h2-5H,1H3. The van der Waals surface area contributed by atoms with Crippen molar-refractivity contribution in [2.75, 3.05) is 7.11 Å². The van der Waals surface area contributed by atoms with Gasteiger partial charge in [0.15, 0.2) is 0 Å². The molecule has 1 heterocycles. The molecule has 19 heavy (non-hydrogen) atoms. The van der Waals surface area contributed by atoms with Crippen LogP contribution in [0.1, 0.15) is 0 Å². The molecule has 2 aromatic rings. The first kappa shape index (κ1) is 12.4. The molecule has 10 nitrogen and oxygen atoms in total. The minimum Gasteiger partial charge on any atom is -0.485 e. The van der Waals surface area contributed by atoms with Crippen LogP contribution >= 0.6 is 0 Å². The van der Waals surface area contributed by atoms with Crippen molar-refractivity contribution >= 4 is 11.4 Å². The van der Waals surface area contributed by atoms with Crippen LogP contribution in [0, 0.1) is 20.2 Å². The molecule has 0 N–H and O–H groups in total. The zero-order valence-corrected chi connectivity index (χ0v) is 9.59. The van der Waals surface area contributed by atoms with Crippen molar-refractivity contribution in [3.63, 3.8) is 0 Å². The fraction of sp³-hybridized carbons (Fsp3) is 0.111. The van der Waals surface area contributed by atoms with Crippen LogP contribution in [0.15, 0.2) is 24.5 Å². The number of benzene rings is 1. The van der Waals surface area contributed by atoms with Crippen LogP contribution < -0.4 is 4.74 Å². The van der Waals surface area contributed by atoms with Crippen molar-refractivity contribution < 1.29 is 14.6 Å². The Morgan fingerprint density at radius 2 is 2.00 bits per heavy atom. The summed E-state index contributed by atoms with van der Waals surface area (Å²) in [5.74, 6) is -0.428. The van der Waals surface area contributed by atoms with E-state index in [4.69, 9.17) is 4.74 Å². The quantitative estimate of drug-likeness (QED) is 0.598. The fourth-order valence-electron chi connectivity index (χ4n) is 1.59. The fourth-order valence-corrected chi connectivity index (χ4v) is 1.59. The third-order valence-corrected chi connectivity index (χ3v) is 2.34. The number of nitro groups is 2. The van der Waals surface area contributed by atoms with Crippen molar-refractivity contribution in [1.29, 1.82) is 0 Å². The van der Waals surface area contributed by atoms with Gasteiger partial charge in [-0.1, -0.05) is 5.21 Å². The summed E-state index contributed by atoms with van der Waals surface area (Å²) < 4.78 is 5.92. The zero-order chi connectivity index (χ0) is 14.0. The highest BCUT2D eigenvalue weighted by atomic mass is 16.6. The second-order valence-corrected chi connectivity index (χ2v) is 3.35. The Kier molecular flexibility index (Phi) is 3.06. The van der Waals surface area contributed by atoms with Crippen molar-refractivity contribution in [2.45, 2.75) is 0 Å². The average molecular weight is 265 g/mol. The van der Waals surface area contributed by atoms with Crippen LogP contribution in [0.5, 0.6) is 5.75 Å². The summed E-state index contributed by atoms with van der Waals surface area (Å²) in [7, 11) is 1.13. The summed E-state index contributed by atoms with van der Waals surface area (Å²) in [5, 5.41) is 29.1. The van der Waals surface area contributed by atoms with Crippen LogP contribution in [0.25, 0.3) is 5.69 Å². The van der Waals surface area contributed by atoms with E-state index < -0.39 is 27.0 Å². The summed E-state index contributed by atoms with van der Waals surface area (Å²) in [6.07, 6.45) is 2.71. The van der Waals surface area contributed by atoms with Crippen molar-refractivity contribution in [1.82, 2.24) is 15.0 Å². The van der Waals surface area contributed by atoms with Gasteiger partial charge < -0.3 is 4.74 Å². The second kappa shape index (κ2) is 4.68. The maximum absolute atomic E-state index is 11.1. The van der Waals surface area contributed by atoms with E-state index in [-0.39, 0.29) is 5.69 Å². The molecule has 0 unspecified atom stereocenters. The number of nitro benzene ring substituents is 2. The molecule has 1 aromatic heterocycles. The predicted molar refractivity (Wildman–Crippen MR) is 61.2 cm³/mol. The van der Waals surface area contributed by atoms with Crippen molar-refractivity contribution in [3.8, 4) is 11.4 Å². The first-order chi connectivity index (χ1) is 9.06. The molecule has 0 radical (unpaired) electrons. The van der Waals surface area contributed by atoms with E-state index in [0.717, 1.165) is 17.9 Å². The Labute approximate surface area is 105 Å². The molecular formula is C9H7N5O5. The lowest BCUT2D eigenvalue weighted by molar-refractivity contribution is -0.395. The largest absolute Gasteiger partial charge is 0.485 e. The van der Waals surface area contributed by atoms with Gasteiger partial charge in [0.05, 0.1) is 29.4 Å². The summed E-state index contributed by atoms with van der Waals surface area (Å²) in [4.78, 5) is 20.4. The van der Waals surface area contributed by atoms with Crippen LogP contribution in [0.4, 0.5) is 11.4 Å². The lowest BCUT2D eigenvalue weighted by Gasteiger charge is -2.06. The van der Waals surface area contributed by atoms with Gasteiger partial charge in [-0.25, -0.2) is 4.68 Å². The van der Waals surface area contributed by atoms with Crippen molar-refractivity contribution in [2.24, 2.45) is 0 Å². The van der Waals surface area contributed by atoms with Crippen LogP contribution in [-0.2, 0) is 0 Å². The molecule has 98 valence electrons. The monoisotopic (exact) mass is 265 g/mol. The molecule has 10 heteroatoms. The van der Waals surface area contributed by atoms with E-state index in [1.165, 1.54) is 18.5 Å². The van der Waals surface area contributed by atoms with E-state index in [9.17, 15) is 20.2 Å². The van der Waals surface area contributed by atoms with E-state index in [1.807, 2.05) is 0 Å². The maximum Gasteiger partial charge on any atom is 0.343 e. The van der Waals surface area contributed by atoms with Gasteiger partial charge in [0.2, 0.25) is 0 Å². The van der Waals surface area contributed by atoms with Gasteiger partial charge in [0.25, 0.3) is 5.75 Å².